The Morgan fingerprint density at radius 1 is 1.00 bits per heavy atom. The van der Waals surface area contributed by atoms with Crippen LogP contribution in [0.5, 0.6) is 0 Å². The van der Waals surface area contributed by atoms with Crippen molar-refractivity contribution >= 4 is 10.1 Å². The summed E-state index contributed by atoms with van der Waals surface area (Å²) < 4.78 is 31.3. The van der Waals surface area contributed by atoms with Gasteiger partial charge in [0, 0.05) is 0 Å². The summed E-state index contributed by atoms with van der Waals surface area (Å²) in [5.41, 5.74) is 3.92. The topological polar surface area (TPSA) is 54.4 Å². The highest BCUT2D eigenvalue weighted by atomic mass is 32.2. The molecule has 0 unspecified atom stereocenters. The molecule has 0 aliphatic rings. The van der Waals surface area contributed by atoms with E-state index in [0.717, 1.165) is 22.3 Å². The Morgan fingerprint density at radius 2 is 1.72 bits per heavy atom. The van der Waals surface area contributed by atoms with E-state index in [1.165, 1.54) is 12.1 Å². The normalized spacial score (nSPS) is 11.5. The van der Waals surface area contributed by atoms with Crippen LogP contribution in [0.1, 0.15) is 11.1 Å². The van der Waals surface area contributed by atoms with Crippen molar-refractivity contribution in [2.45, 2.75) is 18.7 Å². The van der Waals surface area contributed by atoms with E-state index in [0.29, 0.717) is 0 Å². The summed E-state index contributed by atoms with van der Waals surface area (Å²) >= 11 is 0. The highest BCUT2D eigenvalue weighted by Gasteiger charge is 2.11. The zero-order chi connectivity index (χ0) is 13.3. The van der Waals surface area contributed by atoms with Gasteiger partial charge in [-0.25, -0.2) is 0 Å². The average Bonchev–Trinajstić information content (AvgIpc) is 2.31. The molecule has 0 spiro atoms. The first-order valence-electron chi connectivity index (χ1n) is 5.53. The number of aryl methyl sites for hydroxylation is 2. The van der Waals surface area contributed by atoms with E-state index in [2.05, 4.69) is 0 Å². The van der Waals surface area contributed by atoms with Crippen LogP contribution in [0.2, 0.25) is 0 Å². The molecule has 0 saturated heterocycles. The van der Waals surface area contributed by atoms with Crippen molar-refractivity contribution in [3.8, 4) is 11.1 Å². The van der Waals surface area contributed by atoms with Crippen LogP contribution < -0.4 is 0 Å². The zero-order valence-electron chi connectivity index (χ0n) is 10.2. The van der Waals surface area contributed by atoms with Crippen LogP contribution in [-0.2, 0) is 10.1 Å². The summed E-state index contributed by atoms with van der Waals surface area (Å²) in [5, 5.41) is 0. The second kappa shape index (κ2) is 4.55. The number of hydrogen-bond acceptors (Lipinski definition) is 2. The molecule has 0 atom stereocenters. The molecule has 0 aromatic heterocycles. The van der Waals surface area contributed by atoms with Crippen LogP contribution in [0.3, 0.4) is 0 Å². The van der Waals surface area contributed by atoms with Gasteiger partial charge < -0.3 is 0 Å². The van der Waals surface area contributed by atoms with E-state index in [-0.39, 0.29) is 4.90 Å². The van der Waals surface area contributed by atoms with Gasteiger partial charge in [0.1, 0.15) is 0 Å². The van der Waals surface area contributed by atoms with Gasteiger partial charge in [-0.1, -0.05) is 35.9 Å². The van der Waals surface area contributed by atoms with Gasteiger partial charge in [-0.3, -0.25) is 4.55 Å². The van der Waals surface area contributed by atoms with E-state index < -0.39 is 10.1 Å². The Kier molecular flexibility index (Phi) is 3.24. The lowest BCUT2D eigenvalue weighted by Crippen LogP contribution is -1.98. The summed E-state index contributed by atoms with van der Waals surface area (Å²) in [4.78, 5) is -0.0825. The van der Waals surface area contributed by atoms with Crippen molar-refractivity contribution in [2.24, 2.45) is 0 Å². The quantitative estimate of drug-likeness (QED) is 0.845. The van der Waals surface area contributed by atoms with E-state index >= 15 is 0 Å². The molecule has 0 amide bonds. The van der Waals surface area contributed by atoms with Crippen molar-refractivity contribution < 1.29 is 13.0 Å². The van der Waals surface area contributed by atoms with Gasteiger partial charge in [0.05, 0.1) is 4.90 Å². The van der Waals surface area contributed by atoms with Gasteiger partial charge >= 0.3 is 0 Å². The second-order valence-electron chi connectivity index (χ2n) is 4.32. The van der Waals surface area contributed by atoms with Crippen LogP contribution in [0.15, 0.2) is 47.4 Å². The van der Waals surface area contributed by atoms with Crippen molar-refractivity contribution in [3.63, 3.8) is 0 Å². The Morgan fingerprint density at radius 3 is 2.39 bits per heavy atom. The average molecular weight is 262 g/mol. The Labute approximate surface area is 107 Å². The number of hydrogen-bond donors (Lipinski definition) is 1. The Bertz CT molecular complexity index is 688. The van der Waals surface area contributed by atoms with Crippen molar-refractivity contribution in [1.82, 2.24) is 0 Å². The first-order valence-corrected chi connectivity index (χ1v) is 6.97. The molecule has 0 aliphatic carbocycles. The molecule has 0 fully saturated rings. The second-order valence-corrected chi connectivity index (χ2v) is 5.74. The van der Waals surface area contributed by atoms with Crippen molar-refractivity contribution in [2.75, 3.05) is 0 Å². The molecule has 2 aromatic rings. The standard InChI is InChI=1S/C14H14O3S/c1-10-6-7-11(2)14(8-10)12-4-3-5-13(9-12)18(15,16)17/h3-9H,1-2H3,(H,15,16,17). The van der Waals surface area contributed by atoms with E-state index in [1.807, 2.05) is 38.1 Å². The van der Waals surface area contributed by atoms with E-state index in [1.54, 1.807) is 6.07 Å². The first-order chi connectivity index (χ1) is 8.38. The van der Waals surface area contributed by atoms with E-state index in [9.17, 15) is 8.42 Å². The third-order valence-corrected chi connectivity index (χ3v) is 3.69. The van der Waals surface area contributed by atoms with Gasteiger partial charge in [-0.2, -0.15) is 8.42 Å². The molecule has 0 radical (unpaired) electrons. The summed E-state index contributed by atoms with van der Waals surface area (Å²) in [7, 11) is -4.16. The molecular formula is C14H14O3S. The minimum atomic E-state index is -4.16. The summed E-state index contributed by atoms with van der Waals surface area (Å²) in [6.07, 6.45) is 0. The lowest BCUT2D eigenvalue weighted by atomic mass is 9.99. The van der Waals surface area contributed by atoms with Gasteiger partial charge in [0.2, 0.25) is 0 Å². The minimum Gasteiger partial charge on any atom is -0.282 e. The van der Waals surface area contributed by atoms with Crippen LogP contribution in [0, 0.1) is 13.8 Å². The van der Waals surface area contributed by atoms with E-state index in [4.69, 9.17) is 4.55 Å². The summed E-state index contributed by atoms with van der Waals surface area (Å²) in [6, 6.07) is 12.3. The Hall–Kier alpha value is -1.65. The zero-order valence-corrected chi connectivity index (χ0v) is 11.0. The van der Waals surface area contributed by atoms with Gasteiger partial charge in [-0.05, 0) is 42.7 Å². The smallest absolute Gasteiger partial charge is 0.282 e. The predicted octanol–water partition coefficient (Wildman–Crippen LogP) is 3.22. The summed E-state index contributed by atoms with van der Waals surface area (Å²) in [6.45, 7) is 3.95. The number of rotatable bonds is 2. The maximum Gasteiger partial charge on any atom is 0.294 e. The molecule has 0 bridgehead atoms. The lowest BCUT2D eigenvalue weighted by molar-refractivity contribution is 0.483. The first kappa shape index (κ1) is 12.8. The molecule has 1 N–H and O–H groups in total. The molecule has 18 heavy (non-hydrogen) atoms. The highest BCUT2D eigenvalue weighted by Crippen LogP contribution is 2.26. The van der Waals surface area contributed by atoms with Gasteiger partial charge in [0.25, 0.3) is 10.1 Å². The maximum absolute atomic E-state index is 11.1. The third kappa shape index (κ3) is 2.60. The summed E-state index contributed by atoms with van der Waals surface area (Å²) in [5.74, 6) is 0. The molecule has 0 heterocycles. The van der Waals surface area contributed by atoms with Crippen LogP contribution in [0.4, 0.5) is 0 Å². The lowest BCUT2D eigenvalue weighted by Gasteiger charge is -2.08. The van der Waals surface area contributed by atoms with Crippen LogP contribution in [0.25, 0.3) is 11.1 Å². The van der Waals surface area contributed by atoms with Gasteiger partial charge in [0.15, 0.2) is 0 Å². The SMILES string of the molecule is Cc1ccc(C)c(-c2cccc(S(=O)(=O)O)c2)c1. The van der Waals surface area contributed by atoms with Gasteiger partial charge in [-0.15, -0.1) is 0 Å². The molecule has 94 valence electrons. The largest absolute Gasteiger partial charge is 0.294 e. The molecule has 0 saturated carbocycles. The molecule has 4 heteroatoms. The molecular weight excluding hydrogens is 248 g/mol. The number of benzene rings is 2. The fourth-order valence-corrected chi connectivity index (χ4v) is 2.40. The Balaban J connectivity index is 2.62. The third-order valence-electron chi connectivity index (χ3n) is 2.84. The van der Waals surface area contributed by atoms with Crippen LogP contribution in [-0.4, -0.2) is 13.0 Å². The fraction of sp³-hybridized carbons (Fsp3) is 0.143. The fourth-order valence-electron chi connectivity index (χ4n) is 1.87. The van der Waals surface area contributed by atoms with Crippen molar-refractivity contribution in [3.05, 3.63) is 53.6 Å². The molecule has 3 nitrogen and oxygen atoms in total. The predicted molar refractivity (Wildman–Crippen MR) is 71.2 cm³/mol. The molecule has 2 rings (SSSR count). The minimum absolute atomic E-state index is 0.0825. The molecule has 2 aromatic carbocycles. The van der Waals surface area contributed by atoms with Crippen LogP contribution >= 0.6 is 0 Å². The highest BCUT2D eigenvalue weighted by molar-refractivity contribution is 7.85. The monoisotopic (exact) mass is 262 g/mol. The molecule has 0 aliphatic heterocycles. The maximum atomic E-state index is 11.1. The van der Waals surface area contributed by atoms with Crippen molar-refractivity contribution in [1.29, 1.82) is 0 Å².